The summed E-state index contributed by atoms with van der Waals surface area (Å²) >= 11 is 0. The fourth-order valence-electron chi connectivity index (χ4n) is 1.85. The van der Waals surface area contributed by atoms with Crippen LogP contribution >= 0.6 is 0 Å². The Morgan fingerprint density at radius 1 is 1.41 bits per heavy atom. The van der Waals surface area contributed by atoms with E-state index in [1.807, 2.05) is 31.5 Å². The van der Waals surface area contributed by atoms with Crippen molar-refractivity contribution in [2.75, 3.05) is 0 Å². The average molecular weight is 232 g/mol. The lowest BCUT2D eigenvalue weighted by molar-refractivity contribution is 0.0962. The molecule has 0 bridgehead atoms. The second-order valence-electron chi connectivity index (χ2n) is 4.10. The number of aryl methyl sites for hydroxylation is 3. The van der Waals surface area contributed by atoms with Crippen LogP contribution in [-0.2, 0) is 13.0 Å². The highest BCUT2D eigenvalue weighted by Crippen LogP contribution is 2.12. The topological polar surface area (TPSA) is 48.0 Å². The highest BCUT2D eigenvalue weighted by atomic mass is 16.3. The molecule has 0 radical (unpaired) electrons. The van der Waals surface area contributed by atoms with Crippen molar-refractivity contribution in [3.05, 3.63) is 41.1 Å². The number of furan rings is 1. The summed E-state index contributed by atoms with van der Waals surface area (Å²) in [6.07, 6.45) is 0.335. The van der Waals surface area contributed by atoms with Crippen LogP contribution in [0.5, 0.6) is 0 Å². The largest absolute Gasteiger partial charge is 0.458 e. The van der Waals surface area contributed by atoms with Gasteiger partial charge in [0.05, 0.1) is 12.1 Å². The van der Waals surface area contributed by atoms with Crippen molar-refractivity contribution in [3.8, 4) is 0 Å². The summed E-state index contributed by atoms with van der Waals surface area (Å²) in [6.45, 7) is 6.54. The molecule has 90 valence electrons. The smallest absolute Gasteiger partial charge is 0.203 e. The third-order valence-corrected chi connectivity index (χ3v) is 2.64. The van der Waals surface area contributed by atoms with Gasteiger partial charge in [-0.1, -0.05) is 0 Å². The van der Waals surface area contributed by atoms with Crippen LogP contribution in [0, 0.1) is 13.8 Å². The molecule has 2 heterocycles. The predicted molar refractivity (Wildman–Crippen MR) is 64.1 cm³/mol. The maximum atomic E-state index is 12.0. The summed E-state index contributed by atoms with van der Waals surface area (Å²) in [7, 11) is 0. The molecular formula is C13H16N2O2. The summed E-state index contributed by atoms with van der Waals surface area (Å²) < 4.78 is 7.17. The Morgan fingerprint density at radius 3 is 2.76 bits per heavy atom. The minimum atomic E-state index is -0.00676. The molecule has 0 aliphatic heterocycles. The molecule has 4 heteroatoms. The number of carbonyl (C=O) groups is 1. The average Bonchev–Trinajstić information content (AvgIpc) is 2.85. The molecule has 0 saturated heterocycles. The highest BCUT2D eigenvalue weighted by molar-refractivity contribution is 5.94. The first-order valence-electron chi connectivity index (χ1n) is 5.73. The Kier molecular flexibility index (Phi) is 3.13. The zero-order valence-corrected chi connectivity index (χ0v) is 10.4. The van der Waals surface area contributed by atoms with Crippen molar-refractivity contribution in [2.24, 2.45) is 0 Å². The molecule has 0 aromatic carbocycles. The lowest BCUT2D eigenvalue weighted by Gasteiger charge is -2.02. The predicted octanol–water partition coefficient (Wildman–Crippen LogP) is 2.54. The van der Waals surface area contributed by atoms with E-state index in [2.05, 4.69) is 5.10 Å². The van der Waals surface area contributed by atoms with Gasteiger partial charge < -0.3 is 4.42 Å². The van der Waals surface area contributed by atoms with Crippen molar-refractivity contribution in [2.45, 2.75) is 33.7 Å². The fourth-order valence-corrected chi connectivity index (χ4v) is 1.85. The Morgan fingerprint density at radius 2 is 2.18 bits per heavy atom. The van der Waals surface area contributed by atoms with Crippen LogP contribution in [0.15, 0.2) is 22.6 Å². The van der Waals surface area contributed by atoms with Crippen LogP contribution in [0.25, 0.3) is 0 Å². The standard InChI is InChI=1S/C13H16N2O2/c1-4-15-11(7-9(2)14-15)8-12(16)13-6-5-10(3)17-13/h5-7H,4,8H2,1-3H3. The lowest BCUT2D eigenvalue weighted by atomic mass is 10.2. The van der Waals surface area contributed by atoms with Gasteiger partial charge in [0, 0.05) is 12.2 Å². The lowest BCUT2D eigenvalue weighted by Crippen LogP contribution is -2.09. The maximum Gasteiger partial charge on any atom is 0.203 e. The van der Waals surface area contributed by atoms with Gasteiger partial charge in [0.1, 0.15) is 5.76 Å². The number of hydrogen-bond donors (Lipinski definition) is 0. The quantitative estimate of drug-likeness (QED) is 0.761. The molecule has 4 nitrogen and oxygen atoms in total. The third-order valence-electron chi connectivity index (χ3n) is 2.64. The van der Waals surface area contributed by atoms with Crippen LogP contribution in [0.4, 0.5) is 0 Å². The molecule has 0 spiro atoms. The first-order chi connectivity index (χ1) is 8.10. The third kappa shape index (κ3) is 2.46. The Bertz CT molecular complexity index is 537. The first-order valence-corrected chi connectivity index (χ1v) is 5.73. The van der Waals surface area contributed by atoms with Gasteiger partial charge in [0.15, 0.2) is 5.76 Å². The highest BCUT2D eigenvalue weighted by Gasteiger charge is 2.14. The van der Waals surface area contributed by atoms with Crippen LogP contribution in [-0.4, -0.2) is 15.6 Å². The first kappa shape index (κ1) is 11.6. The minimum Gasteiger partial charge on any atom is -0.458 e. The van der Waals surface area contributed by atoms with Crippen molar-refractivity contribution in [1.29, 1.82) is 0 Å². The molecule has 0 aliphatic rings. The fraction of sp³-hybridized carbons (Fsp3) is 0.385. The van der Waals surface area contributed by atoms with E-state index in [0.29, 0.717) is 12.2 Å². The van der Waals surface area contributed by atoms with E-state index in [4.69, 9.17) is 4.42 Å². The van der Waals surface area contributed by atoms with Crippen molar-refractivity contribution < 1.29 is 9.21 Å². The molecule has 2 aromatic heterocycles. The molecule has 0 N–H and O–H groups in total. The van der Waals surface area contributed by atoms with Crippen molar-refractivity contribution >= 4 is 5.78 Å². The number of nitrogens with zero attached hydrogens (tertiary/aromatic N) is 2. The second-order valence-corrected chi connectivity index (χ2v) is 4.10. The Balaban J connectivity index is 2.18. The minimum absolute atomic E-state index is 0.00676. The van der Waals surface area contributed by atoms with Gasteiger partial charge in [0.2, 0.25) is 5.78 Å². The summed E-state index contributed by atoms with van der Waals surface area (Å²) in [5.41, 5.74) is 1.87. The van der Waals surface area contributed by atoms with E-state index in [-0.39, 0.29) is 5.78 Å². The molecule has 2 rings (SSSR count). The maximum absolute atomic E-state index is 12.0. The van der Waals surface area contributed by atoms with Gasteiger partial charge in [-0.2, -0.15) is 5.10 Å². The van der Waals surface area contributed by atoms with Crippen LogP contribution in [0.3, 0.4) is 0 Å². The van der Waals surface area contributed by atoms with Crippen LogP contribution < -0.4 is 0 Å². The molecule has 0 amide bonds. The zero-order valence-electron chi connectivity index (χ0n) is 10.4. The van der Waals surface area contributed by atoms with E-state index >= 15 is 0 Å². The van der Waals surface area contributed by atoms with Crippen LogP contribution in [0.2, 0.25) is 0 Å². The van der Waals surface area contributed by atoms with E-state index in [9.17, 15) is 4.79 Å². The Hall–Kier alpha value is -1.84. The summed E-state index contributed by atoms with van der Waals surface area (Å²) in [5, 5.41) is 4.31. The summed E-state index contributed by atoms with van der Waals surface area (Å²) in [4.78, 5) is 12.0. The molecule has 0 fully saturated rings. The van der Waals surface area contributed by atoms with Gasteiger partial charge in [-0.3, -0.25) is 9.48 Å². The summed E-state index contributed by atoms with van der Waals surface area (Å²) in [6, 6.07) is 5.46. The second kappa shape index (κ2) is 4.57. The van der Waals surface area contributed by atoms with Gasteiger partial charge >= 0.3 is 0 Å². The summed E-state index contributed by atoms with van der Waals surface area (Å²) in [5.74, 6) is 1.17. The normalized spacial score (nSPS) is 10.8. The van der Waals surface area contributed by atoms with E-state index < -0.39 is 0 Å². The number of hydrogen-bond acceptors (Lipinski definition) is 3. The van der Waals surface area contributed by atoms with Gasteiger partial charge in [-0.05, 0) is 39.0 Å². The van der Waals surface area contributed by atoms with E-state index in [0.717, 1.165) is 23.7 Å². The number of Topliss-reactive ketones (excluding diaryl/α,β-unsaturated/α-hetero) is 1. The number of rotatable bonds is 4. The Labute approximate surface area is 100 Å². The van der Waals surface area contributed by atoms with Gasteiger partial charge in [-0.15, -0.1) is 0 Å². The van der Waals surface area contributed by atoms with Crippen molar-refractivity contribution in [3.63, 3.8) is 0 Å². The van der Waals surface area contributed by atoms with Gasteiger partial charge in [-0.25, -0.2) is 0 Å². The zero-order chi connectivity index (χ0) is 12.4. The van der Waals surface area contributed by atoms with Crippen LogP contribution in [0.1, 0.15) is 34.6 Å². The number of ketones is 1. The molecule has 0 unspecified atom stereocenters. The van der Waals surface area contributed by atoms with Crippen molar-refractivity contribution in [1.82, 2.24) is 9.78 Å². The SMILES string of the molecule is CCn1nc(C)cc1CC(=O)c1ccc(C)o1. The molecular weight excluding hydrogens is 216 g/mol. The molecule has 17 heavy (non-hydrogen) atoms. The molecule has 0 atom stereocenters. The molecule has 2 aromatic rings. The van der Waals surface area contributed by atoms with Gasteiger partial charge in [0.25, 0.3) is 0 Å². The van der Waals surface area contributed by atoms with E-state index in [1.54, 1.807) is 12.1 Å². The van der Waals surface area contributed by atoms with E-state index in [1.165, 1.54) is 0 Å². The number of aromatic nitrogens is 2. The number of carbonyl (C=O) groups excluding carboxylic acids is 1. The monoisotopic (exact) mass is 232 g/mol. The molecule has 0 aliphatic carbocycles. The molecule has 0 saturated carbocycles.